The van der Waals surface area contributed by atoms with Crippen LogP contribution in [0.3, 0.4) is 0 Å². The molecule has 4 heteroatoms. The van der Waals surface area contributed by atoms with Crippen molar-refractivity contribution in [1.29, 1.82) is 0 Å². The summed E-state index contributed by atoms with van der Waals surface area (Å²) >= 11 is 0. The Hall–Kier alpha value is -1.06. The van der Waals surface area contributed by atoms with Crippen LogP contribution >= 0.6 is 0 Å². The highest BCUT2D eigenvalue weighted by Crippen LogP contribution is 1.66. The fraction of sp³-hybridized carbons (Fsp3) is 0.333. The smallest absolute Gasteiger partial charge is 0.246 e. The number of hydrazone groups is 1. The number of hydrogen-bond donors (Lipinski definition) is 2. The molecule has 0 aromatic rings. The second-order valence-corrected chi connectivity index (χ2v) is 1.16. The summed E-state index contributed by atoms with van der Waals surface area (Å²) in [4.78, 5) is 10.2. The molecule has 0 aliphatic carbocycles. The van der Waals surface area contributed by atoms with Crippen LogP contribution in [0, 0.1) is 0 Å². The first-order valence-electron chi connectivity index (χ1n) is 1.93. The van der Waals surface area contributed by atoms with Gasteiger partial charge in [-0.2, -0.15) is 5.10 Å². The molecule has 0 radical (unpaired) electrons. The van der Waals surface area contributed by atoms with Gasteiger partial charge in [-0.25, -0.2) is 0 Å². The summed E-state index contributed by atoms with van der Waals surface area (Å²) in [6, 6.07) is 0. The molecular formula is C3H5N3O. The van der Waals surface area contributed by atoms with E-state index in [0.717, 1.165) is 0 Å². The Balaban J connectivity index is 2.47. The Kier molecular flexibility index (Phi) is 0.934. The minimum atomic E-state index is -0.0463. The van der Waals surface area contributed by atoms with Crippen molar-refractivity contribution in [2.75, 3.05) is 6.54 Å². The average Bonchev–Trinajstić information content (AvgIpc) is 1.69. The summed E-state index contributed by atoms with van der Waals surface area (Å²) in [7, 11) is 0. The molecule has 1 rings (SSSR count). The maximum absolute atomic E-state index is 10.2. The molecular weight excluding hydrogens is 94.1 g/mol. The van der Waals surface area contributed by atoms with Gasteiger partial charge in [-0.3, -0.25) is 10.2 Å². The third-order valence-corrected chi connectivity index (χ3v) is 0.621. The zero-order chi connectivity index (χ0) is 5.11. The maximum Gasteiger partial charge on any atom is 0.246 e. The van der Waals surface area contributed by atoms with Crippen molar-refractivity contribution in [3.8, 4) is 0 Å². The van der Waals surface area contributed by atoms with Gasteiger partial charge in [-0.1, -0.05) is 0 Å². The molecule has 1 amide bonds. The first-order chi connectivity index (χ1) is 3.39. The van der Waals surface area contributed by atoms with E-state index < -0.39 is 0 Å². The summed E-state index contributed by atoms with van der Waals surface area (Å²) in [6.07, 6.45) is 1.33. The Labute approximate surface area is 40.6 Å². The molecule has 0 saturated carbocycles. The summed E-state index contributed by atoms with van der Waals surface area (Å²) in [6.45, 7) is 0.288. The second kappa shape index (κ2) is 1.59. The molecule has 0 saturated heterocycles. The van der Waals surface area contributed by atoms with Crippen molar-refractivity contribution >= 4 is 12.2 Å². The van der Waals surface area contributed by atoms with Crippen LogP contribution in [0.2, 0.25) is 0 Å². The van der Waals surface area contributed by atoms with Crippen LogP contribution in [-0.2, 0) is 4.79 Å². The van der Waals surface area contributed by atoms with E-state index in [2.05, 4.69) is 15.8 Å². The average molecular weight is 99.1 g/mol. The predicted octanol–water partition coefficient (Wildman–Crippen LogP) is -1.35. The van der Waals surface area contributed by atoms with Gasteiger partial charge in [0.15, 0.2) is 0 Å². The zero-order valence-electron chi connectivity index (χ0n) is 3.64. The molecule has 4 nitrogen and oxygen atoms in total. The van der Waals surface area contributed by atoms with Gasteiger partial charge in [0.2, 0.25) is 5.91 Å². The Morgan fingerprint density at radius 2 is 2.71 bits per heavy atom. The Morgan fingerprint density at radius 3 is 3.00 bits per heavy atom. The van der Waals surface area contributed by atoms with E-state index >= 15 is 0 Å². The molecule has 0 atom stereocenters. The van der Waals surface area contributed by atoms with Gasteiger partial charge in [-0.05, 0) is 0 Å². The summed E-state index contributed by atoms with van der Waals surface area (Å²) < 4.78 is 0. The molecule has 0 aromatic carbocycles. The van der Waals surface area contributed by atoms with E-state index in [9.17, 15) is 4.79 Å². The molecule has 0 spiro atoms. The van der Waals surface area contributed by atoms with Gasteiger partial charge in [0, 0.05) is 0 Å². The van der Waals surface area contributed by atoms with Crippen LogP contribution in [0.15, 0.2) is 5.10 Å². The molecule has 0 aromatic heterocycles. The van der Waals surface area contributed by atoms with E-state index in [1.807, 2.05) is 0 Å². The minimum absolute atomic E-state index is 0.0463. The lowest BCUT2D eigenvalue weighted by Crippen LogP contribution is -2.36. The van der Waals surface area contributed by atoms with Crippen molar-refractivity contribution in [3.63, 3.8) is 0 Å². The van der Waals surface area contributed by atoms with Crippen molar-refractivity contribution < 1.29 is 4.79 Å². The lowest BCUT2D eigenvalue weighted by atomic mass is 10.6. The molecule has 0 fully saturated rings. The predicted molar refractivity (Wildman–Crippen MR) is 24.6 cm³/mol. The highest BCUT2D eigenvalue weighted by Gasteiger charge is 1.98. The number of nitrogens with one attached hydrogen (secondary N) is 2. The Bertz CT molecular complexity index is 109. The quantitative estimate of drug-likeness (QED) is 0.394. The van der Waals surface area contributed by atoms with Crippen molar-refractivity contribution in [2.45, 2.75) is 0 Å². The normalized spacial score (nSPS) is 18.0. The second-order valence-electron chi connectivity index (χ2n) is 1.16. The molecule has 1 aliphatic heterocycles. The van der Waals surface area contributed by atoms with Crippen LogP contribution in [0.1, 0.15) is 0 Å². The first kappa shape index (κ1) is 4.11. The van der Waals surface area contributed by atoms with Crippen molar-refractivity contribution in [3.05, 3.63) is 0 Å². The van der Waals surface area contributed by atoms with E-state index in [-0.39, 0.29) is 12.5 Å². The molecule has 38 valence electrons. The van der Waals surface area contributed by atoms with Gasteiger partial charge in [-0.15, -0.1) is 0 Å². The molecule has 1 heterocycles. The highest BCUT2D eigenvalue weighted by molar-refractivity contribution is 5.90. The van der Waals surface area contributed by atoms with Crippen molar-refractivity contribution in [2.24, 2.45) is 5.10 Å². The summed E-state index contributed by atoms with van der Waals surface area (Å²) in [5.74, 6) is -0.0463. The van der Waals surface area contributed by atoms with E-state index in [4.69, 9.17) is 0 Å². The molecule has 0 bridgehead atoms. The van der Waals surface area contributed by atoms with Gasteiger partial charge in [0.1, 0.15) is 12.9 Å². The van der Waals surface area contributed by atoms with Gasteiger partial charge in [0.05, 0.1) is 0 Å². The largest absolute Gasteiger partial charge is 0.314 e. The number of amides is 1. The number of hydrogen-bond acceptors (Lipinski definition) is 3. The lowest BCUT2D eigenvalue weighted by molar-refractivity contribution is -0.119. The third-order valence-electron chi connectivity index (χ3n) is 0.621. The van der Waals surface area contributed by atoms with Crippen molar-refractivity contribution in [1.82, 2.24) is 10.7 Å². The summed E-state index contributed by atoms with van der Waals surface area (Å²) in [5, 5.41) is 5.91. The first-order valence-corrected chi connectivity index (χ1v) is 1.93. The SMILES string of the molecule is O=C1CNN=CN1. The van der Waals surface area contributed by atoms with Crippen LogP contribution < -0.4 is 10.7 Å². The number of carbonyl (C=O) groups excluding carboxylic acids is 1. The Morgan fingerprint density at radius 1 is 1.86 bits per heavy atom. The highest BCUT2D eigenvalue weighted by atomic mass is 16.2. The third kappa shape index (κ3) is 0.887. The van der Waals surface area contributed by atoms with Gasteiger partial charge in [0.25, 0.3) is 0 Å². The van der Waals surface area contributed by atoms with Gasteiger partial charge < -0.3 is 5.32 Å². The number of carbonyl (C=O) groups is 1. The van der Waals surface area contributed by atoms with Crippen LogP contribution in [0.25, 0.3) is 0 Å². The van der Waals surface area contributed by atoms with E-state index in [1.165, 1.54) is 6.34 Å². The monoisotopic (exact) mass is 99.0 g/mol. The van der Waals surface area contributed by atoms with Crippen LogP contribution in [0.5, 0.6) is 0 Å². The summed E-state index contributed by atoms with van der Waals surface area (Å²) in [5.41, 5.74) is 2.49. The van der Waals surface area contributed by atoms with E-state index in [0.29, 0.717) is 0 Å². The topological polar surface area (TPSA) is 53.5 Å². The zero-order valence-corrected chi connectivity index (χ0v) is 3.64. The molecule has 7 heavy (non-hydrogen) atoms. The molecule has 2 N–H and O–H groups in total. The number of nitrogens with zero attached hydrogens (tertiary/aromatic N) is 1. The fourth-order valence-electron chi connectivity index (χ4n) is 0.318. The van der Waals surface area contributed by atoms with Crippen LogP contribution in [0.4, 0.5) is 0 Å². The fourth-order valence-corrected chi connectivity index (χ4v) is 0.318. The van der Waals surface area contributed by atoms with E-state index in [1.54, 1.807) is 0 Å². The lowest BCUT2D eigenvalue weighted by Gasteiger charge is -2.03. The molecule has 0 unspecified atom stereocenters. The van der Waals surface area contributed by atoms with Crippen LogP contribution in [-0.4, -0.2) is 18.8 Å². The molecule has 1 aliphatic rings. The maximum atomic E-state index is 10.2. The standard InChI is InChI=1S/C3H5N3O/c7-3-1-5-6-2-4-3/h2,5H,1H2,(H,4,6,7). The minimum Gasteiger partial charge on any atom is -0.314 e. The van der Waals surface area contributed by atoms with Gasteiger partial charge >= 0.3 is 0 Å². The number of rotatable bonds is 0.